The number of thiazole rings is 1. The molecule has 7 heteroatoms. The molecule has 0 saturated carbocycles. The highest BCUT2D eigenvalue weighted by molar-refractivity contribution is 7.22. The van der Waals surface area contributed by atoms with Gasteiger partial charge in [0.25, 0.3) is 0 Å². The molecule has 0 atom stereocenters. The van der Waals surface area contributed by atoms with Gasteiger partial charge in [-0.1, -0.05) is 35.6 Å². The Kier molecular flexibility index (Phi) is 5.12. The Morgan fingerprint density at radius 2 is 2.00 bits per heavy atom. The Hall–Kier alpha value is -2.80. The van der Waals surface area contributed by atoms with Crippen LogP contribution in [-0.2, 0) is 0 Å². The number of ether oxygens (including phenoxy) is 1. The van der Waals surface area contributed by atoms with Gasteiger partial charge in [0.1, 0.15) is 5.75 Å². The van der Waals surface area contributed by atoms with Gasteiger partial charge in [-0.05, 0) is 24.3 Å². The molecule has 6 nitrogen and oxygen atoms in total. The van der Waals surface area contributed by atoms with Gasteiger partial charge in [0, 0.05) is 6.54 Å². The molecule has 1 heterocycles. The smallest absolute Gasteiger partial charge is 0.193 e. The minimum Gasteiger partial charge on any atom is -0.495 e. The maximum atomic E-state index is 5.91. The lowest BCUT2D eigenvalue weighted by molar-refractivity contribution is 0.417. The number of aromatic nitrogens is 1. The van der Waals surface area contributed by atoms with Gasteiger partial charge in [0.2, 0.25) is 0 Å². The van der Waals surface area contributed by atoms with Crippen molar-refractivity contribution in [2.75, 3.05) is 30.8 Å². The number of fused-ring (bicyclic) bond motifs is 1. The first-order valence-electron chi connectivity index (χ1n) is 7.55. The number of anilines is 2. The van der Waals surface area contributed by atoms with E-state index < -0.39 is 0 Å². The number of para-hydroxylation sites is 3. The fourth-order valence-electron chi connectivity index (χ4n) is 2.21. The van der Waals surface area contributed by atoms with Crippen LogP contribution in [0.1, 0.15) is 0 Å². The molecule has 4 N–H and O–H groups in total. The second-order valence-electron chi connectivity index (χ2n) is 5.01. The number of aliphatic imine (C=N–C) groups is 1. The molecule has 0 saturated heterocycles. The Labute approximate surface area is 144 Å². The van der Waals surface area contributed by atoms with E-state index in [1.165, 1.54) is 4.70 Å². The number of methoxy groups -OCH3 is 1. The van der Waals surface area contributed by atoms with Crippen LogP contribution in [0.25, 0.3) is 10.2 Å². The third-order valence-electron chi connectivity index (χ3n) is 3.33. The zero-order valence-electron chi connectivity index (χ0n) is 13.3. The van der Waals surface area contributed by atoms with Crippen molar-refractivity contribution < 1.29 is 4.74 Å². The Morgan fingerprint density at radius 1 is 1.21 bits per heavy atom. The van der Waals surface area contributed by atoms with E-state index in [1.54, 1.807) is 18.4 Å². The van der Waals surface area contributed by atoms with Gasteiger partial charge in [-0.3, -0.25) is 4.99 Å². The number of hydrogen-bond acceptors (Lipinski definition) is 5. The quantitative estimate of drug-likeness (QED) is 0.364. The predicted molar refractivity (Wildman–Crippen MR) is 101 cm³/mol. The van der Waals surface area contributed by atoms with Gasteiger partial charge < -0.3 is 21.1 Å². The SMILES string of the molecule is COc1ccccc1NC(N)=NCCNc1nc2ccccc2s1. The summed E-state index contributed by atoms with van der Waals surface area (Å²) in [7, 11) is 1.62. The van der Waals surface area contributed by atoms with E-state index in [-0.39, 0.29) is 0 Å². The number of benzene rings is 2. The molecule has 1 aromatic heterocycles. The average Bonchev–Trinajstić information content (AvgIpc) is 3.02. The van der Waals surface area contributed by atoms with E-state index in [2.05, 4.69) is 26.7 Å². The van der Waals surface area contributed by atoms with Crippen molar-refractivity contribution in [3.63, 3.8) is 0 Å². The minimum atomic E-state index is 0.352. The fraction of sp³-hybridized carbons (Fsp3) is 0.176. The van der Waals surface area contributed by atoms with E-state index in [1.807, 2.05) is 42.5 Å². The molecule has 0 aliphatic heterocycles. The first-order chi connectivity index (χ1) is 11.8. The molecule has 0 bridgehead atoms. The summed E-state index contributed by atoms with van der Waals surface area (Å²) in [6.45, 7) is 1.21. The molecule has 3 rings (SSSR count). The van der Waals surface area contributed by atoms with Crippen LogP contribution >= 0.6 is 11.3 Å². The Morgan fingerprint density at radius 3 is 2.83 bits per heavy atom. The summed E-state index contributed by atoms with van der Waals surface area (Å²) in [6.07, 6.45) is 0. The molecule has 0 fully saturated rings. The molecule has 0 radical (unpaired) electrons. The third kappa shape index (κ3) is 3.94. The maximum Gasteiger partial charge on any atom is 0.193 e. The van der Waals surface area contributed by atoms with Crippen molar-refractivity contribution >= 4 is 38.3 Å². The van der Waals surface area contributed by atoms with Gasteiger partial charge in [-0.25, -0.2) is 4.98 Å². The van der Waals surface area contributed by atoms with Crippen LogP contribution in [0.4, 0.5) is 10.8 Å². The number of guanidine groups is 1. The van der Waals surface area contributed by atoms with Crippen LogP contribution in [-0.4, -0.2) is 31.1 Å². The van der Waals surface area contributed by atoms with Crippen molar-refractivity contribution in [3.8, 4) is 5.75 Å². The first-order valence-corrected chi connectivity index (χ1v) is 8.37. The third-order valence-corrected chi connectivity index (χ3v) is 4.33. The number of hydrogen-bond donors (Lipinski definition) is 3. The highest BCUT2D eigenvalue weighted by Crippen LogP contribution is 2.25. The fourth-order valence-corrected chi connectivity index (χ4v) is 3.10. The highest BCUT2D eigenvalue weighted by atomic mass is 32.1. The minimum absolute atomic E-state index is 0.352. The molecule has 0 aliphatic carbocycles. The molecular weight excluding hydrogens is 322 g/mol. The molecule has 0 spiro atoms. The second kappa shape index (κ2) is 7.65. The van der Waals surface area contributed by atoms with E-state index in [0.29, 0.717) is 19.0 Å². The van der Waals surface area contributed by atoms with E-state index in [0.717, 1.165) is 22.1 Å². The topological polar surface area (TPSA) is 84.6 Å². The lowest BCUT2D eigenvalue weighted by Crippen LogP contribution is -2.24. The monoisotopic (exact) mass is 341 g/mol. The molecule has 0 aliphatic rings. The zero-order valence-corrected chi connectivity index (χ0v) is 14.1. The molecule has 124 valence electrons. The largest absolute Gasteiger partial charge is 0.495 e. The average molecular weight is 341 g/mol. The summed E-state index contributed by atoms with van der Waals surface area (Å²) < 4.78 is 6.43. The van der Waals surface area contributed by atoms with Gasteiger partial charge >= 0.3 is 0 Å². The number of nitrogens with one attached hydrogen (secondary N) is 2. The van der Waals surface area contributed by atoms with Crippen molar-refractivity contribution in [1.82, 2.24) is 4.98 Å². The first kappa shape index (κ1) is 16.1. The predicted octanol–water partition coefficient (Wildman–Crippen LogP) is 3.14. The summed E-state index contributed by atoms with van der Waals surface area (Å²) >= 11 is 1.63. The summed E-state index contributed by atoms with van der Waals surface area (Å²) in [4.78, 5) is 8.82. The lowest BCUT2D eigenvalue weighted by Gasteiger charge is -2.10. The summed E-state index contributed by atoms with van der Waals surface area (Å²) in [5.74, 6) is 1.08. The van der Waals surface area contributed by atoms with Gasteiger partial charge in [-0.2, -0.15) is 0 Å². The van der Waals surface area contributed by atoms with Crippen LogP contribution in [0.15, 0.2) is 53.5 Å². The van der Waals surface area contributed by atoms with Crippen LogP contribution in [0, 0.1) is 0 Å². The van der Waals surface area contributed by atoms with Crippen molar-refractivity contribution in [2.45, 2.75) is 0 Å². The molecule has 0 amide bonds. The van der Waals surface area contributed by atoms with Crippen molar-refractivity contribution in [1.29, 1.82) is 0 Å². The molecule has 2 aromatic carbocycles. The normalized spacial score (nSPS) is 11.5. The van der Waals surface area contributed by atoms with E-state index >= 15 is 0 Å². The molecule has 0 unspecified atom stereocenters. The Balaban J connectivity index is 1.52. The van der Waals surface area contributed by atoms with Crippen molar-refractivity contribution in [2.24, 2.45) is 10.7 Å². The number of nitrogens with zero attached hydrogens (tertiary/aromatic N) is 2. The Bertz CT molecular complexity index is 813. The summed E-state index contributed by atoms with van der Waals surface area (Å²) in [5, 5.41) is 7.20. The van der Waals surface area contributed by atoms with Crippen LogP contribution in [0.5, 0.6) is 5.75 Å². The lowest BCUT2D eigenvalue weighted by atomic mass is 10.3. The molecule has 3 aromatic rings. The van der Waals surface area contributed by atoms with Crippen LogP contribution in [0.2, 0.25) is 0 Å². The molecular formula is C17H19N5OS. The van der Waals surface area contributed by atoms with Crippen molar-refractivity contribution in [3.05, 3.63) is 48.5 Å². The summed E-state index contributed by atoms with van der Waals surface area (Å²) in [6, 6.07) is 15.6. The number of nitrogens with two attached hydrogens (primary N) is 1. The van der Waals surface area contributed by atoms with Crippen LogP contribution in [0.3, 0.4) is 0 Å². The highest BCUT2D eigenvalue weighted by Gasteiger charge is 2.03. The zero-order chi connectivity index (χ0) is 16.8. The van der Waals surface area contributed by atoms with Gasteiger partial charge in [0.05, 0.1) is 29.6 Å². The van der Waals surface area contributed by atoms with Gasteiger partial charge in [-0.15, -0.1) is 0 Å². The second-order valence-corrected chi connectivity index (χ2v) is 6.04. The maximum absolute atomic E-state index is 5.91. The van der Waals surface area contributed by atoms with Gasteiger partial charge in [0.15, 0.2) is 11.1 Å². The standard InChI is InChI=1S/C17H19N5OS/c1-23-14-8-4-2-6-12(14)21-16(18)19-10-11-20-17-22-13-7-3-5-9-15(13)24-17/h2-9H,10-11H2,1H3,(H,20,22)(H3,18,19,21). The van der Waals surface area contributed by atoms with E-state index in [9.17, 15) is 0 Å². The van der Waals surface area contributed by atoms with E-state index in [4.69, 9.17) is 10.5 Å². The number of rotatable bonds is 6. The molecule has 24 heavy (non-hydrogen) atoms. The summed E-state index contributed by atoms with van der Waals surface area (Å²) in [5.41, 5.74) is 7.71. The van der Waals surface area contributed by atoms with Crippen LogP contribution < -0.4 is 21.1 Å².